The van der Waals surface area contributed by atoms with Gasteiger partial charge in [0.15, 0.2) is 4.34 Å². The molecule has 2 heterocycles. The Bertz CT molecular complexity index is 895. The van der Waals surface area contributed by atoms with Gasteiger partial charge in [0.2, 0.25) is 21.1 Å². The largest absolute Gasteiger partial charge is 0.379 e. The third kappa shape index (κ3) is 5.41. The number of hydrogen-bond acceptors (Lipinski definition) is 9. The SMILES string of the molecule is CNc1nnc(SCC(=O)NCc2ccc(S(=O)(=O)N3CCOCC3)cc2)s1. The molecule has 1 aromatic heterocycles. The Balaban J connectivity index is 1.49. The van der Waals surface area contributed by atoms with Crippen LogP contribution in [0.1, 0.15) is 5.56 Å². The second-order valence-corrected chi connectivity index (χ2v) is 9.99. The first-order valence-electron chi connectivity index (χ1n) is 8.56. The molecule has 28 heavy (non-hydrogen) atoms. The molecule has 12 heteroatoms. The number of carbonyl (C=O) groups excluding carboxylic acids is 1. The maximum Gasteiger partial charge on any atom is 0.243 e. The van der Waals surface area contributed by atoms with Crippen molar-refractivity contribution in [2.24, 2.45) is 0 Å². The van der Waals surface area contributed by atoms with E-state index in [0.29, 0.717) is 38.0 Å². The number of aromatic nitrogens is 2. The van der Waals surface area contributed by atoms with E-state index >= 15 is 0 Å². The Labute approximate surface area is 171 Å². The van der Waals surface area contributed by atoms with Gasteiger partial charge in [-0.25, -0.2) is 8.42 Å². The van der Waals surface area contributed by atoms with Crippen LogP contribution in [0.5, 0.6) is 0 Å². The van der Waals surface area contributed by atoms with Gasteiger partial charge in [-0.05, 0) is 17.7 Å². The number of morpholine rings is 1. The lowest BCUT2D eigenvalue weighted by Gasteiger charge is -2.26. The molecule has 0 aliphatic carbocycles. The lowest BCUT2D eigenvalue weighted by atomic mass is 10.2. The minimum Gasteiger partial charge on any atom is -0.379 e. The van der Waals surface area contributed by atoms with Crippen molar-refractivity contribution >= 4 is 44.2 Å². The number of benzene rings is 1. The van der Waals surface area contributed by atoms with Crippen molar-refractivity contribution < 1.29 is 17.9 Å². The van der Waals surface area contributed by atoms with Crippen LogP contribution >= 0.6 is 23.1 Å². The minimum atomic E-state index is -3.50. The fraction of sp³-hybridized carbons (Fsp3) is 0.438. The first-order chi connectivity index (χ1) is 13.5. The third-order valence-corrected chi connectivity index (χ3v) is 7.95. The van der Waals surface area contributed by atoms with E-state index in [1.165, 1.54) is 27.4 Å². The highest BCUT2D eigenvalue weighted by Gasteiger charge is 2.26. The number of amides is 1. The number of anilines is 1. The van der Waals surface area contributed by atoms with E-state index in [4.69, 9.17) is 4.74 Å². The number of carbonyl (C=O) groups is 1. The van der Waals surface area contributed by atoms with E-state index in [0.717, 1.165) is 9.90 Å². The summed E-state index contributed by atoms with van der Waals surface area (Å²) >= 11 is 2.71. The molecule has 152 valence electrons. The summed E-state index contributed by atoms with van der Waals surface area (Å²) in [4.78, 5) is 12.2. The Morgan fingerprint density at radius 1 is 1.25 bits per heavy atom. The molecule has 1 aliphatic rings. The van der Waals surface area contributed by atoms with E-state index < -0.39 is 10.0 Å². The van der Waals surface area contributed by atoms with E-state index in [-0.39, 0.29) is 16.6 Å². The van der Waals surface area contributed by atoms with Crippen LogP contribution in [-0.2, 0) is 26.1 Å². The smallest absolute Gasteiger partial charge is 0.243 e. The molecule has 1 aliphatic heterocycles. The molecule has 9 nitrogen and oxygen atoms in total. The van der Waals surface area contributed by atoms with Gasteiger partial charge in [0, 0.05) is 26.7 Å². The molecule has 0 bridgehead atoms. The van der Waals surface area contributed by atoms with Gasteiger partial charge in [0.25, 0.3) is 0 Å². The van der Waals surface area contributed by atoms with Crippen molar-refractivity contribution in [1.82, 2.24) is 19.8 Å². The first-order valence-corrected chi connectivity index (χ1v) is 11.8. The zero-order chi connectivity index (χ0) is 20.0. The van der Waals surface area contributed by atoms with Gasteiger partial charge in [-0.2, -0.15) is 4.31 Å². The lowest BCUT2D eigenvalue weighted by molar-refractivity contribution is -0.118. The standard InChI is InChI=1S/C16H21N5O4S3/c1-17-15-19-20-16(27-15)26-11-14(22)18-10-12-2-4-13(5-3-12)28(23,24)21-6-8-25-9-7-21/h2-5H,6-11H2,1H3,(H,17,19)(H,18,22). The van der Waals surface area contributed by atoms with Gasteiger partial charge in [-0.15, -0.1) is 10.2 Å². The van der Waals surface area contributed by atoms with Gasteiger partial charge >= 0.3 is 0 Å². The molecule has 1 saturated heterocycles. The molecule has 1 fully saturated rings. The zero-order valence-corrected chi connectivity index (χ0v) is 17.7. The van der Waals surface area contributed by atoms with Gasteiger partial charge < -0.3 is 15.4 Å². The monoisotopic (exact) mass is 443 g/mol. The van der Waals surface area contributed by atoms with Crippen molar-refractivity contribution in [1.29, 1.82) is 0 Å². The second-order valence-electron chi connectivity index (χ2n) is 5.85. The summed E-state index contributed by atoms with van der Waals surface area (Å²) in [6, 6.07) is 6.57. The highest BCUT2D eigenvalue weighted by atomic mass is 32.2. The normalized spacial score (nSPS) is 15.3. The van der Waals surface area contributed by atoms with Crippen LogP contribution in [0.3, 0.4) is 0 Å². The average molecular weight is 444 g/mol. The number of thioether (sulfide) groups is 1. The summed E-state index contributed by atoms with van der Waals surface area (Å²) in [5.74, 6) is 0.109. The van der Waals surface area contributed by atoms with Crippen molar-refractivity contribution in [2.45, 2.75) is 15.8 Å². The van der Waals surface area contributed by atoms with Crippen molar-refractivity contribution in [3.05, 3.63) is 29.8 Å². The molecule has 2 N–H and O–H groups in total. The van der Waals surface area contributed by atoms with E-state index in [2.05, 4.69) is 20.8 Å². The third-order valence-electron chi connectivity index (χ3n) is 3.97. The number of rotatable bonds is 8. The lowest BCUT2D eigenvalue weighted by Crippen LogP contribution is -2.40. The van der Waals surface area contributed by atoms with Gasteiger partial charge in [0.05, 0.1) is 23.9 Å². The summed E-state index contributed by atoms with van der Waals surface area (Å²) in [5.41, 5.74) is 0.827. The van der Waals surface area contributed by atoms with Crippen molar-refractivity contribution in [3.63, 3.8) is 0 Å². The molecule has 0 saturated carbocycles. The number of ether oxygens (including phenoxy) is 1. The fourth-order valence-corrected chi connectivity index (χ4v) is 5.41. The van der Waals surface area contributed by atoms with Gasteiger partial charge in [-0.3, -0.25) is 4.79 Å². The molecule has 1 amide bonds. The highest BCUT2D eigenvalue weighted by molar-refractivity contribution is 8.01. The van der Waals surface area contributed by atoms with E-state index in [9.17, 15) is 13.2 Å². The summed E-state index contributed by atoms with van der Waals surface area (Å²) in [6.07, 6.45) is 0. The Morgan fingerprint density at radius 2 is 1.96 bits per heavy atom. The van der Waals surface area contributed by atoms with Crippen molar-refractivity contribution in [2.75, 3.05) is 44.4 Å². The summed E-state index contributed by atoms with van der Waals surface area (Å²) < 4.78 is 32.5. The van der Waals surface area contributed by atoms with Gasteiger partial charge in [-0.1, -0.05) is 35.2 Å². The van der Waals surface area contributed by atoms with Crippen LogP contribution in [0.25, 0.3) is 0 Å². The Hall–Kier alpha value is -1.73. The predicted molar refractivity (Wildman–Crippen MR) is 108 cm³/mol. The zero-order valence-electron chi connectivity index (χ0n) is 15.3. The maximum atomic E-state index is 12.6. The number of hydrogen-bond donors (Lipinski definition) is 2. The quantitative estimate of drug-likeness (QED) is 0.581. The van der Waals surface area contributed by atoms with Crippen molar-refractivity contribution in [3.8, 4) is 0 Å². The maximum absolute atomic E-state index is 12.6. The Kier molecular flexibility index (Phi) is 7.24. The van der Waals surface area contributed by atoms with Crippen LogP contribution in [0.15, 0.2) is 33.5 Å². The number of nitrogens with zero attached hydrogens (tertiary/aromatic N) is 3. The molecule has 3 rings (SSSR count). The summed E-state index contributed by atoms with van der Waals surface area (Å²) in [7, 11) is -1.74. The van der Waals surface area contributed by atoms with Gasteiger partial charge in [0.1, 0.15) is 0 Å². The molecule has 0 atom stereocenters. The molecule has 0 radical (unpaired) electrons. The average Bonchev–Trinajstić information content (AvgIpc) is 3.20. The summed E-state index contributed by atoms with van der Waals surface area (Å²) in [5, 5.41) is 14.3. The molecule has 0 spiro atoms. The molecular weight excluding hydrogens is 422 g/mol. The van der Waals surface area contributed by atoms with Crippen LogP contribution in [0, 0.1) is 0 Å². The first kappa shape index (κ1) is 21.0. The fourth-order valence-electron chi connectivity index (χ4n) is 2.46. The Morgan fingerprint density at radius 3 is 2.61 bits per heavy atom. The highest BCUT2D eigenvalue weighted by Crippen LogP contribution is 2.24. The molecular formula is C16H21N5O4S3. The topological polar surface area (TPSA) is 114 Å². The minimum absolute atomic E-state index is 0.128. The van der Waals surface area contributed by atoms with Crippen LogP contribution in [-0.4, -0.2) is 67.9 Å². The number of nitrogens with one attached hydrogen (secondary N) is 2. The van der Waals surface area contributed by atoms with Crippen LogP contribution in [0.4, 0.5) is 5.13 Å². The van der Waals surface area contributed by atoms with E-state index in [1.807, 2.05) is 0 Å². The molecule has 2 aromatic rings. The molecule has 1 aromatic carbocycles. The predicted octanol–water partition coefficient (Wildman–Crippen LogP) is 1.01. The van der Waals surface area contributed by atoms with Crippen LogP contribution < -0.4 is 10.6 Å². The summed E-state index contributed by atoms with van der Waals surface area (Å²) in [6.45, 7) is 1.88. The molecule has 0 unspecified atom stereocenters. The second kappa shape index (κ2) is 9.65. The van der Waals surface area contributed by atoms with E-state index in [1.54, 1.807) is 31.3 Å². The number of sulfonamides is 1. The van der Waals surface area contributed by atoms with Crippen LogP contribution in [0.2, 0.25) is 0 Å².